The largest absolute Gasteiger partial charge is 0.469 e. The van der Waals surface area contributed by atoms with Crippen molar-refractivity contribution in [3.63, 3.8) is 0 Å². The fourth-order valence-corrected chi connectivity index (χ4v) is 2.37. The summed E-state index contributed by atoms with van der Waals surface area (Å²) in [6.45, 7) is 2.05. The number of esters is 1. The van der Waals surface area contributed by atoms with Crippen molar-refractivity contribution in [2.24, 2.45) is 7.05 Å². The van der Waals surface area contributed by atoms with E-state index in [4.69, 9.17) is 17.0 Å². The lowest BCUT2D eigenvalue weighted by atomic mass is 10.1. The van der Waals surface area contributed by atoms with E-state index in [1.807, 2.05) is 54.9 Å². The summed E-state index contributed by atoms with van der Waals surface area (Å²) >= 11 is 5.54. The first-order chi connectivity index (χ1) is 9.52. The van der Waals surface area contributed by atoms with Crippen LogP contribution in [0.2, 0.25) is 0 Å². The highest BCUT2D eigenvalue weighted by molar-refractivity contribution is 7.81. The van der Waals surface area contributed by atoms with Crippen LogP contribution in [-0.4, -0.2) is 22.5 Å². The van der Waals surface area contributed by atoms with Crippen LogP contribution >= 0.6 is 12.2 Å². The molecule has 4 heteroatoms. The van der Waals surface area contributed by atoms with Crippen LogP contribution in [0.5, 0.6) is 0 Å². The molecule has 0 aliphatic rings. The third-order valence-electron chi connectivity index (χ3n) is 3.33. The van der Waals surface area contributed by atoms with Gasteiger partial charge in [0.1, 0.15) is 0 Å². The number of ether oxygens (including phenoxy) is 1. The van der Waals surface area contributed by atoms with Crippen LogP contribution in [0.25, 0.3) is 0 Å². The number of thiocarbonyl (C=S) groups is 1. The number of rotatable bonds is 4. The zero-order valence-corrected chi connectivity index (χ0v) is 12.7. The molecule has 0 spiro atoms. The smallest absolute Gasteiger partial charge is 0.311 e. The van der Waals surface area contributed by atoms with Gasteiger partial charge in [-0.1, -0.05) is 42.0 Å². The number of methoxy groups -OCH3 is 1. The lowest BCUT2D eigenvalue weighted by Gasteiger charge is -2.09. The molecule has 0 aliphatic heterocycles. The van der Waals surface area contributed by atoms with Crippen LogP contribution in [0.4, 0.5) is 0 Å². The van der Waals surface area contributed by atoms with E-state index in [0.717, 1.165) is 21.8 Å². The van der Waals surface area contributed by atoms with Crippen molar-refractivity contribution in [1.29, 1.82) is 0 Å². The first kappa shape index (κ1) is 14.5. The molecule has 1 aromatic heterocycles. The topological polar surface area (TPSA) is 31.2 Å². The molecular weight excluding hydrogens is 270 g/mol. The van der Waals surface area contributed by atoms with Crippen LogP contribution < -0.4 is 0 Å². The Balaban J connectivity index is 2.27. The third kappa shape index (κ3) is 2.96. The highest BCUT2D eigenvalue weighted by atomic mass is 32.1. The van der Waals surface area contributed by atoms with Gasteiger partial charge in [-0.3, -0.25) is 4.79 Å². The van der Waals surface area contributed by atoms with Crippen molar-refractivity contribution in [3.8, 4) is 0 Å². The number of nitrogens with zero attached hydrogens (tertiary/aromatic N) is 1. The van der Waals surface area contributed by atoms with E-state index in [1.54, 1.807) is 0 Å². The zero-order valence-electron chi connectivity index (χ0n) is 11.8. The van der Waals surface area contributed by atoms with E-state index in [-0.39, 0.29) is 12.4 Å². The highest BCUT2D eigenvalue weighted by Gasteiger charge is 2.13. The van der Waals surface area contributed by atoms with Crippen molar-refractivity contribution < 1.29 is 9.53 Å². The quantitative estimate of drug-likeness (QED) is 0.492. The second kappa shape index (κ2) is 6.01. The van der Waals surface area contributed by atoms with E-state index in [0.29, 0.717) is 0 Å². The van der Waals surface area contributed by atoms with Gasteiger partial charge in [0.15, 0.2) is 0 Å². The molecule has 0 amide bonds. The van der Waals surface area contributed by atoms with Crippen molar-refractivity contribution in [1.82, 2.24) is 4.57 Å². The predicted octanol–water partition coefficient (Wildman–Crippen LogP) is 2.82. The molecule has 0 unspecified atom stereocenters. The first-order valence-corrected chi connectivity index (χ1v) is 6.76. The van der Waals surface area contributed by atoms with Crippen molar-refractivity contribution in [3.05, 3.63) is 58.9 Å². The molecule has 0 saturated heterocycles. The van der Waals surface area contributed by atoms with E-state index in [9.17, 15) is 4.79 Å². The molecule has 0 bridgehead atoms. The molecule has 3 nitrogen and oxygen atoms in total. The first-order valence-electron chi connectivity index (χ1n) is 6.35. The normalized spacial score (nSPS) is 10.3. The van der Waals surface area contributed by atoms with Gasteiger partial charge in [0.25, 0.3) is 0 Å². The Bertz CT molecular complexity index is 641. The highest BCUT2D eigenvalue weighted by Crippen LogP contribution is 2.15. The zero-order chi connectivity index (χ0) is 14.7. The monoisotopic (exact) mass is 287 g/mol. The molecule has 0 aliphatic carbocycles. The second-order valence-corrected chi connectivity index (χ2v) is 5.13. The summed E-state index contributed by atoms with van der Waals surface area (Å²) in [6.07, 6.45) is 0.253. The molecule has 0 atom stereocenters. The molecule has 0 fully saturated rings. The van der Waals surface area contributed by atoms with Crippen LogP contribution in [0, 0.1) is 6.92 Å². The van der Waals surface area contributed by atoms with Gasteiger partial charge in [0.05, 0.1) is 24.1 Å². The summed E-state index contributed by atoms with van der Waals surface area (Å²) in [5.41, 5.74) is 4.04. The fraction of sp³-hybridized carbons (Fsp3) is 0.250. The molecule has 1 heterocycles. The summed E-state index contributed by atoms with van der Waals surface area (Å²) < 4.78 is 6.64. The van der Waals surface area contributed by atoms with Gasteiger partial charge < -0.3 is 9.30 Å². The SMILES string of the molecule is COC(=O)Cc1ccc(C(=S)c2ccc(C)cc2)n1C. The van der Waals surface area contributed by atoms with E-state index < -0.39 is 0 Å². The molecule has 104 valence electrons. The van der Waals surface area contributed by atoms with Gasteiger partial charge in [0.2, 0.25) is 0 Å². The van der Waals surface area contributed by atoms with Gasteiger partial charge >= 0.3 is 5.97 Å². The lowest BCUT2D eigenvalue weighted by Crippen LogP contribution is -2.12. The van der Waals surface area contributed by atoms with Crippen LogP contribution in [0.15, 0.2) is 36.4 Å². The Morgan fingerprint density at radius 2 is 1.85 bits per heavy atom. The number of carbonyl (C=O) groups is 1. The number of hydrogen-bond donors (Lipinski definition) is 0. The lowest BCUT2D eigenvalue weighted by molar-refractivity contribution is -0.139. The average molecular weight is 287 g/mol. The molecule has 2 aromatic rings. The Morgan fingerprint density at radius 3 is 2.45 bits per heavy atom. The number of carbonyl (C=O) groups excluding carboxylic acids is 1. The number of benzene rings is 1. The van der Waals surface area contributed by atoms with Crippen molar-refractivity contribution in [2.45, 2.75) is 13.3 Å². The molecular formula is C16H17NO2S. The van der Waals surface area contributed by atoms with Crippen LogP contribution in [-0.2, 0) is 23.0 Å². The van der Waals surface area contributed by atoms with Gasteiger partial charge in [0, 0.05) is 12.7 Å². The van der Waals surface area contributed by atoms with Gasteiger partial charge in [-0.05, 0) is 24.6 Å². The summed E-state index contributed by atoms with van der Waals surface area (Å²) in [6, 6.07) is 12.0. The summed E-state index contributed by atoms with van der Waals surface area (Å²) in [4.78, 5) is 12.1. The second-order valence-electron chi connectivity index (χ2n) is 4.72. The van der Waals surface area contributed by atoms with Gasteiger partial charge in [-0.15, -0.1) is 0 Å². The minimum atomic E-state index is -0.251. The van der Waals surface area contributed by atoms with E-state index in [2.05, 4.69) is 0 Å². The predicted molar refractivity (Wildman–Crippen MR) is 83.1 cm³/mol. The minimum absolute atomic E-state index is 0.251. The van der Waals surface area contributed by atoms with Crippen LogP contribution in [0.3, 0.4) is 0 Å². The van der Waals surface area contributed by atoms with E-state index in [1.165, 1.54) is 12.7 Å². The summed E-state index contributed by atoms with van der Waals surface area (Å²) in [5.74, 6) is -0.251. The Labute approximate surface area is 124 Å². The number of hydrogen-bond acceptors (Lipinski definition) is 3. The number of aromatic nitrogens is 1. The Hall–Kier alpha value is -1.94. The maximum atomic E-state index is 11.4. The van der Waals surface area contributed by atoms with Crippen molar-refractivity contribution in [2.75, 3.05) is 7.11 Å². The van der Waals surface area contributed by atoms with Crippen LogP contribution in [0.1, 0.15) is 22.5 Å². The Morgan fingerprint density at radius 1 is 1.20 bits per heavy atom. The molecule has 0 N–H and O–H groups in total. The molecule has 2 rings (SSSR count). The average Bonchev–Trinajstić information content (AvgIpc) is 2.80. The van der Waals surface area contributed by atoms with Gasteiger partial charge in [-0.2, -0.15) is 0 Å². The standard InChI is InChI=1S/C16H17NO2S/c1-11-4-6-12(7-5-11)16(20)14-9-8-13(17(14)2)10-15(18)19-3/h4-9H,10H2,1-3H3. The molecule has 0 saturated carbocycles. The molecule has 0 radical (unpaired) electrons. The fourth-order valence-electron chi connectivity index (χ4n) is 2.03. The molecule has 1 aromatic carbocycles. The minimum Gasteiger partial charge on any atom is -0.469 e. The molecule has 20 heavy (non-hydrogen) atoms. The summed E-state index contributed by atoms with van der Waals surface area (Å²) in [5, 5.41) is 0. The van der Waals surface area contributed by atoms with E-state index >= 15 is 0 Å². The summed E-state index contributed by atoms with van der Waals surface area (Å²) in [7, 11) is 3.30. The maximum absolute atomic E-state index is 11.4. The van der Waals surface area contributed by atoms with Crippen molar-refractivity contribution >= 4 is 23.1 Å². The maximum Gasteiger partial charge on any atom is 0.311 e. The van der Waals surface area contributed by atoms with Gasteiger partial charge in [-0.25, -0.2) is 0 Å². The number of aryl methyl sites for hydroxylation is 1. The Kier molecular flexibility index (Phi) is 4.35. The third-order valence-corrected chi connectivity index (χ3v) is 3.77.